The van der Waals surface area contributed by atoms with E-state index < -0.39 is 6.10 Å². The van der Waals surface area contributed by atoms with Crippen LogP contribution in [-0.2, 0) is 17.7 Å². The van der Waals surface area contributed by atoms with Gasteiger partial charge in [0.15, 0.2) is 0 Å². The molecule has 0 amide bonds. The van der Waals surface area contributed by atoms with Crippen LogP contribution < -0.4 is 0 Å². The van der Waals surface area contributed by atoms with Crippen molar-refractivity contribution in [1.82, 2.24) is 4.90 Å². The van der Waals surface area contributed by atoms with Gasteiger partial charge in [-0.05, 0) is 48.1 Å². The molecule has 0 radical (unpaired) electrons. The molecule has 0 saturated heterocycles. The number of nitrogens with zero attached hydrogens (tertiary/aromatic N) is 1. The van der Waals surface area contributed by atoms with Crippen molar-refractivity contribution in [3.63, 3.8) is 0 Å². The molecule has 4 unspecified atom stereocenters. The van der Waals surface area contributed by atoms with E-state index in [1.165, 1.54) is 24.0 Å². The van der Waals surface area contributed by atoms with E-state index in [1.54, 1.807) is 0 Å². The van der Waals surface area contributed by atoms with E-state index in [1.807, 2.05) is 0 Å². The summed E-state index contributed by atoms with van der Waals surface area (Å²) in [4.78, 5) is 2.36. The van der Waals surface area contributed by atoms with Crippen LogP contribution in [0.15, 0.2) is 24.3 Å². The number of hydrogen-bond acceptors (Lipinski definition) is 3. The molecule has 25 heavy (non-hydrogen) atoms. The molecule has 3 rings (SSSR count). The van der Waals surface area contributed by atoms with Gasteiger partial charge in [-0.25, -0.2) is 0 Å². The maximum Gasteiger partial charge on any atom is 0.0900 e. The van der Waals surface area contributed by atoms with E-state index in [9.17, 15) is 5.11 Å². The molecule has 1 saturated carbocycles. The minimum Gasteiger partial charge on any atom is -0.389 e. The van der Waals surface area contributed by atoms with Gasteiger partial charge >= 0.3 is 0 Å². The molecular formula is C22H35NO2. The number of β-amino-alcohol motifs (C(OH)–C–C–N with tert-alkyl or cyclic N) is 1. The van der Waals surface area contributed by atoms with Gasteiger partial charge in [0, 0.05) is 19.6 Å². The van der Waals surface area contributed by atoms with Crippen molar-refractivity contribution in [2.75, 3.05) is 19.7 Å². The van der Waals surface area contributed by atoms with Crippen molar-refractivity contribution in [3.8, 4) is 0 Å². The third-order valence-corrected chi connectivity index (χ3v) is 6.14. The summed E-state index contributed by atoms with van der Waals surface area (Å²) < 4.78 is 6.22. The lowest BCUT2D eigenvalue weighted by molar-refractivity contribution is -0.0744. The van der Waals surface area contributed by atoms with Crippen LogP contribution in [0.2, 0.25) is 0 Å². The van der Waals surface area contributed by atoms with Gasteiger partial charge in [-0.15, -0.1) is 0 Å². The first-order chi connectivity index (χ1) is 12.0. The van der Waals surface area contributed by atoms with Crippen LogP contribution in [0.25, 0.3) is 0 Å². The van der Waals surface area contributed by atoms with E-state index >= 15 is 0 Å². The highest BCUT2D eigenvalue weighted by Gasteiger charge is 2.32. The topological polar surface area (TPSA) is 32.7 Å². The minimum atomic E-state index is -0.393. The molecule has 0 bridgehead atoms. The summed E-state index contributed by atoms with van der Waals surface area (Å²) in [5, 5.41) is 10.5. The highest BCUT2D eigenvalue weighted by molar-refractivity contribution is 5.29. The Morgan fingerprint density at radius 1 is 1.20 bits per heavy atom. The second-order valence-corrected chi connectivity index (χ2v) is 8.61. The zero-order valence-electron chi connectivity index (χ0n) is 16.2. The molecule has 140 valence electrons. The number of benzene rings is 1. The first-order valence-electron chi connectivity index (χ1n) is 10.1. The molecule has 1 fully saturated rings. The Hall–Kier alpha value is -0.900. The van der Waals surface area contributed by atoms with Crippen molar-refractivity contribution in [3.05, 3.63) is 35.4 Å². The fraction of sp³-hybridized carbons (Fsp3) is 0.727. The van der Waals surface area contributed by atoms with Gasteiger partial charge in [0.05, 0.1) is 18.8 Å². The van der Waals surface area contributed by atoms with Gasteiger partial charge in [0.25, 0.3) is 0 Å². The van der Waals surface area contributed by atoms with E-state index in [0.29, 0.717) is 31.1 Å². The second-order valence-electron chi connectivity index (χ2n) is 8.61. The zero-order chi connectivity index (χ0) is 17.8. The highest BCUT2D eigenvalue weighted by atomic mass is 16.5. The largest absolute Gasteiger partial charge is 0.389 e. The average molecular weight is 346 g/mol. The van der Waals surface area contributed by atoms with Gasteiger partial charge in [-0.1, -0.05) is 51.5 Å². The Labute approximate surface area is 153 Å². The van der Waals surface area contributed by atoms with Crippen LogP contribution >= 0.6 is 0 Å². The standard InChI is InChI=1S/C22H35NO2/c1-16(2)21-9-8-17(3)12-22(21)25-15-20(24)14-23-11-10-18-6-4-5-7-19(18)13-23/h4-7,16-17,20-22,24H,8-15H2,1-3H3. The highest BCUT2D eigenvalue weighted by Crippen LogP contribution is 2.35. The van der Waals surface area contributed by atoms with Gasteiger partial charge in [-0.2, -0.15) is 0 Å². The van der Waals surface area contributed by atoms with Crippen molar-refractivity contribution < 1.29 is 9.84 Å². The van der Waals surface area contributed by atoms with Gasteiger partial charge < -0.3 is 9.84 Å². The van der Waals surface area contributed by atoms with E-state index in [2.05, 4.69) is 49.9 Å². The van der Waals surface area contributed by atoms with Gasteiger partial charge in [0.2, 0.25) is 0 Å². The van der Waals surface area contributed by atoms with Crippen molar-refractivity contribution >= 4 is 0 Å². The lowest BCUT2D eigenvalue weighted by Crippen LogP contribution is -2.41. The maximum absolute atomic E-state index is 10.5. The van der Waals surface area contributed by atoms with E-state index in [0.717, 1.165) is 31.8 Å². The minimum absolute atomic E-state index is 0.320. The van der Waals surface area contributed by atoms with Crippen LogP contribution in [0.4, 0.5) is 0 Å². The number of rotatable bonds is 6. The maximum atomic E-state index is 10.5. The third-order valence-electron chi connectivity index (χ3n) is 6.14. The molecular weight excluding hydrogens is 310 g/mol. The fourth-order valence-electron chi connectivity index (χ4n) is 4.60. The molecule has 1 N–H and O–H groups in total. The molecule has 1 aliphatic heterocycles. The van der Waals surface area contributed by atoms with Crippen LogP contribution in [0.5, 0.6) is 0 Å². The molecule has 1 aliphatic carbocycles. The number of ether oxygens (including phenoxy) is 1. The number of aliphatic hydroxyl groups is 1. The van der Waals surface area contributed by atoms with E-state index in [-0.39, 0.29) is 0 Å². The summed E-state index contributed by atoms with van der Waals surface area (Å²) in [6.45, 7) is 10.1. The summed E-state index contributed by atoms with van der Waals surface area (Å²) in [5.74, 6) is 2.05. The van der Waals surface area contributed by atoms with E-state index in [4.69, 9.17) is 4.74 Å². The number of aliphatic hydroxyl groups excluding tert-OH is 1. The van der Waals surface area contributed by atoms with Crippen LogP contribution in [-0.4, -0.2) is 41.9 Å². The Morgan fingerprint density at radius 3 is 2.72 bits per heavy atom. The van der Waals surface area contributed by atoms with Crippen LogP contribution in [0, 0.1) is 17.8 Å². The lowest BCUT2D eigenvalue weighted by atomic mass is 9.75. The molecule has 1 heterocycles. The number of fused-ring (bicyclic) bond motifs is 1. The second kappa shape index (κ2) is 8.66. The predicted octanol–water partition coefficient (Wildman–Crippen LogP) is 3.88. The zero-order valence-corrected chi connectivity index (χ0v) is 16.2. The molecule has 2 aliphatic rings. The number of hydrogen-bond donors (Lipinski definition) is 1. The van der Waals surface area contributed by atoms with Gasteiger partial charge in [-0.3, -0.25) is 4.90 Å². The Kier molecular flexibility index (Phi) is 6.54. The summed E-state index contributed by atoms with van der Waals surface area (Å²) in [6.07, 6.45) is 4.74. The monoisotopic (exact) mass is 345 g/mol. The molecule has 3 heteroatoms. The van der Waals surface area contributed by atoms with Gasteiger partial charge in [0.1, 0.15) is 0 Å². The predicted molar refractivity (Wildman–Crippen MR) is 103 cm³/mol. The molecule has 0 spiro atoms. The van der Waals surface area contributed by atoms with Crippen LogP contribution in [0.1, 0.15) is 51.2 Å². The lowest BCUT2D eigenvalue weighted by Gasteiger charge is -2.38. The normalized spacial score (nSPS) is 28.8. The Balaban J connectivity index is 1.47. The van der Waals surface area contributed by atoms with Crippen molar-refractivity contribution in [2.24, 2.45) is 17.8 Å². The Bertz CT molecular complexity index is 545. The fourth-order valence-corrected chi connectivity index (χ4v) is 4.60. The smallest absolute Gasteiger partial charge is 0.0900 e. The molecule has 0 aromatic heterocycles. The first kappa shape index (κ1) is 18.9. The molecule has 1 aromatic carbocycles. The third kappa shape index (κ3) is 5.06. The van der Waals surface area contributed by atoms with Crippen molar-refractivity contribution in [2.45, 2.75) is 65.2 Å². The summed E-state index contributed by atoms with van der Waals surface area (Å²) in [5.41, 5.74) is 2.86. The molecule has 3 nitrogen and oxygen atoms in total. The quantitative estimate of drug-likeness (QED) is 0.849. The summed E-state index contributed by atoms with van der Waals surface area (Å²) in [7, 11) is 0. The Morgan fingerprint density at radius 2 is 1.96 bits per heavy atom. The summed E-state index contributed by atoms with van der Waals surface area (Å²) in [6, 6.07) is 8.66. The van der Waals surface area contributed by atoms with Crippen LogP contribution in [0.3, 0.4) is 0 Å². The summed E-state index contributed by atoms with van der Waals surface area (Å²) >= 11 is 0. The van der Waals surface area contributed by atoms with Crippen molar-refractivity contribution in [1.29, 1.82) is 0 Å². The molecule has 4 atom stereocenters. The molecule has 1 aromatic rings. The first-order valence-corrected chi connectivity index (χ1v) is 10.1. The SMILES string of the molecule is CC1CCC(C(C)C)C(OCC(O)CN2CCc3ccccc3C2)C1. The average Bonchev–Trinajstić information content (AvgIpc) is 2.59.